The fourth-order valence-electron chi connectivity index (χ4n) is 3.15. The van der Waals surface area contributed by atoms with Gasteiger partial charge in [0.05, 0.1) is 26.6 Å². The average molecular weight is 424 g/mol. The van der Waals surface area contributed by atoms with E-state index in [1.807, 2.05) is 24.3 Å². The molecule has 3 aromatic carbocycles. The molecule has 1 amide bonds. The summed E-state index contributed by atoms with van der Waals surface area (Å²) in [6.45, 7) is 4.27. The van der Waals surface area contributed by atoms with Crippen LogP contribution >= 0.6 is 23.2 Å². The quantitative estimate of drug-likeness (QED) is 0.374. The van der Waals surface area contributed by atoms with Crippen molar-refractivity contribution < 1.29 is 4.79 Å². The van der Waals surface area contributed by atoms with Gasteiger partial charge in [0.25, 0.3) is 5.91 Å². The lowest BCUT2D eigenvalue weighted by Crippen LogP contribution is -2.11. The van der Waals surface area contributed by atoms with E-state index in [9.17, 15) is 4.79 Å². The van der Waals surface area contributed by atoms with Crippen molar-refractivity contribution in [2.45, 2.75) is 19.8 Å². The first-order valence-corrected chi connectivity index (χ1v) is 10.0. The number of aromatic nitrogens is 2. The number of rotatable bonds is 4. The van der Waals surface area contributed by atoms with Gasteiger partial charge >= 0.3 is 0 Å². The van der Waals surface area contributed by atoms with Crippen LogP contribution in [0.1, 0.15) is 35.7 Å². The number of nitrogens with zero attached hydrogens (tertiary/aromatic N) is 1. The number of benzene rings is 3. The van der Waals surface area contributed by atoms with Gasteiger partial charge < -0.3 is 10.3 Å². The first-order valence-electron chi connectivity index (χ1n) is 9.28. The highest BCUT2D eigenvalue weighted by Gasteiger charge is 2.14. The number of carbonyl (C=O) groups is 1. The number of hydrogen-bond acceptors (Lipinski definition) is 2. The molecule has 0 saturated carbocycles. The van der Waals surface area contributed by atoms with Crippen molar-refractivity contribution in [2.75, 3.05) is 5.32 Å². The molecule has 1 aromatic heterocycles. The second kappa shape index (κ2) is 7.90. The lowest BCUT2D eigenvalue weighted by Gasteiger charge is -2.08. The van der Waals surface area contributed by atoms with Crippen LogP contribution in [0.2, 0.25) is 10.0 Å². The second-order valence-electron chi connectivity index (χ2n) is 7.14. The minimum absolute atomic E-state index is 0.184. The zero-order chi connectivity index (χ0) is 20.5. The molecule has 4 rings (SSSR count). The molecular formula is C23H19Cl2N3O. The van der Waals surface area contributed by atoms with Crippen LogP contribution < -0.4 is 5.32 Å². The van der Waals surface area contributed by atoms with Gasteiger partial charge in [0.2, 0.25) is 0 Å². The lowest BCUT2D eigenvalue weighted by molar-refractivity contribution is 0.102. The number of halogens is 2. The van der Waals surface area contributed by atoms with Crippen molar-refractivity contribution in [3.05, 3.63) is 81.8 Å². The zero-order valence-electron chi connectivity index (χ0n) is 16.0. The fraction of sp³-hybridized carbons (Fsp3) is 0.130. The van der Waals surface area contributed by atoms with Gasteiger partial charge in [0.15, 0.2) is 0 Å². The Kier molecular flexibility index (Phi) is 5.31. The molecule has 2 N–H and O–H groups in total. The maximum absolute atomic E-state index is 12.7. The summed E-state index contributed by atoms with van der Waals surface area (Å²) in [7, 11) is 0. The van der Waals surface area contributed by atoms with E-state index in [1.165, 1.54) is 5.56 Å². The molecule has 0 aliphatic heterocycles. The van der Waals surface area contributed by atoms with Gasteiger partial charge in [-0.15, -0.1) is 0 Å². The summed E-state index contributed by atoms with van der Waals surface area (Å²) in [5, 5.41) is 3.96. The minimum atomic E-state index is -0.184. The monoisotopic (exact) mass is 423 g/mol. The van der Waals surface area contributed by atoms with E-state index in [0.717, 1.165) is 16.7 Å². The molecule has 0 fully saturated rings. The normalized spacial score (nSPS) is 11.2. The van der Waals surface area contributed by atoms with Gasteiger partial charge in [-0.05, 0) is 53.9 Å². The Morgan fingerprint density at radius 2 is 1.69 bits per heavy atom. The predicted molar refractivity (Wildman–Crippen MR) is 120 cm³/mol. The molecule has 4 aromatic rings. The van der Waals surface area contributed by atoms with Gasteiger partial charge in [-0.3, -0.25) is 4.79 Å². The van der Waals surface area contributed by atoms with Crippen molar-refractivity contribution in [2.24, 2.45) is 0 Å². The summed E-state index contributed by atoms with van der Waals surface area (Å²) >= 11 is 12.6. The summed E-state index contributed by atoms with van der Waals surface area (Å²) in [4.78, 5) is 20.4. The van der Waals surface area contributed by atoms with Crippen LogP contribution in [0.4, 0.5) is 5.69 Å². The predicted octanol–water partition coefficient (Wildman–Crippen LogP) is 6.91. The zero-order valence-corrected chi connectivity index (χ0v) is 17.5. The molecule has 1 heterocycles. The smallest absolute Gasteiger partial charge is 0.255 e. The van der Waals surface area contributed by atoms with Crippen molar-refractivity contribution in [3.8, 4) is 11.4 Å². The molecule has 0 bridgehead atoms. The summed E-state index contributed by atoms with van der Waals surface area (Å²) < 4.78 is 0. The molecule has 4 nitrogen and oxygen atoms in total. The SMILES string of the molecule is CC(C)c1ccc(NC(=O)c2ccc3nc(-c4c(Cl)cccc4Cl)[nH]c3c2)cc1. The highest BCUT2D eigenvalue weighted by molar-refractivity contribution is 6.39. The molecule has 146 valence electrons. The Morgan fingerprint density at radius 3 is 2.34 bits per heavy atom. The number of hydrogen-bond donors (Lipinski definition) is 2. The van der Waals surface area contributed by atoms with Crippen LogP contribution in [-0.4, -0.2) is 15.9 Å². The van der Waals surface area contributed by atoms with Gasteiger partial charge in [-0.1, -0.05) is 55.2 Å². The second-order valence-corrected chi connectivity index (χ2v) is 7.96. The number of anilines is 1. The van der Waals surface area contributed by atoms with Crippen LogP contribution in [0.5, 0.6) is 0 Å². The van der Waals surface area contributed by atoms with E-state index in [2.05, 4.69) is 29.1 Å². The Hall–Kier alpha value is -2.82. The molecule has 0 aliphatic rings. The van der Waals surface area contributed by atoms with Crippen LogP contribution in [0.3, 0.4) is 0 Å². The van der Waals surface area contributed by atoms with Crippen LogP contribution in [0, 0.1) is 0 Å². The number of H-pyrrole nitrogens is 1. The van der Waals surface area contributed by atoms with Crippen molar-refractivity contribution in [3.63, 3.8) is 0 Å². The third kappa shape index (κ3) is 4.00. The topological polar surface area (TPSA) is 57.8 Å². The van der Waals surface area contributed by atoms with E-state index in [-0.39, 0.29) is 5.91 Å². The molecule has 0 atom stereocenters. The standard InChI is InChI=1S/C23H19Cl2N3O/c1-13(2)14-6-9-16(10-7-14)26-23(29)15-8-11-19-20(12-15)28-22(27-19)21-17(24)4-3-5-18(21)25/h3-13H,1-2H3,(H,26,29)(H,27,28). The van der Waals surface area contributed by atoms with E-state index in [4.69, 9.17) is 23.2 Å². The van der Waals surface area contributed by atoms with Crippen molar-refractivity contribution in [1.29, 1.82) is 0 Å². The minimum Gasteiger partial charge on any atom is -0.338 e. The van der Waals surface area contributed by atoms with E-state index in [0.29, 0.717) is 32.9 Å². The number of amides is 1. The molecular weight excluding hydrogens is 405 g/mol. The molecule has 0 radical (unpaired) electrons. The number of fused-ring (bicyclic) bond motifs is 1. The van der Waals surface area contributed by atoms with Gasteiger partial charge in [-0.25, -0.2) is 4.98 Å². The third-order valence-corrected chi connectivity index (χ3v) is 5.41. The largest absolute Gasteiger partial charge is 0.338 e. The van der Waals surface area contributed by atoms with Gasteiger partial charge in [0, 0.05) is 11.3 Å². The fourth-order valence-corrected chi connectivity index (χ4v) is 3.72. The van der Waals surface area contributed by atoms with E-state index < -0.39 is 0 Å². The highest BCUT2D eigenvalue weighted by atomic mass is 35.5. The van der Waals surface area contributed by atoms with E-state index in [1.54, 1.807) is 36.4 Å². The van der Waals surface area contributed by atoms with Crippen LogP contribution in [-0.2, 0) is 0 Å². The molecule has 0 unspecified atom stereocenters. The maximum Gasteiger partial charge on any atom is 0.255 e. The average Bonchev–Trinajstić information content (AvgIpc) is 3.11. The molecule has 0 saturated heterocycles. The Labute approximate surface area is 178 Å². The highest BCUT2D eigenvalue weighted by Crippen LogP contribution is 2.34. The summed E-state index contributed by atoms with van der Waals surface area (Å²) in [6.07, 6.45) is 0. The number of carbonyl (C=O) groups excluding carboxylic acids is 1. The number of imidazole rings is 1. The Morgan fingerprint density at radius 1 is 1.00 bits per heavy atom. The first-order chi connectivity index (χ1) is 13.9. The van der Waals surface area contributed by atoms with Crippen LogP contribution in [0.15, 0.2) is 60.7 Å². The number of nitrogens with one attached hydrogen (secondary N) is 2. The summed E-state index contributed by atoms with van der Waals surface area (Å²) in [6, 6.07) is 18.5. The van der Waals surface area contributed by atoms with Crippen molar-refractivity contribution >= 4 is 45.8 Å². The van der Waals surface area contributed by atoms with Crippen LogP contribution in [0.25, 0.3) is 22.4 Å². The molecule has 0 aliphatic carbocycles. The maximum atomic E-state index is 12.7. The molecule has 0 spiro atoms. The molecule has 29 heavy (non-hydrogen) atoms. The summed E-state index contributed by atoms with van der Waals surface area (Å²) in [5.41, 5.74) is 4.63. The number of aromatic amines is 1. The molecule has 6 heteroatoms. The van der Waals surface area contributed by atoms with E-state index >= 15 is 0 Å². The third-order valence-electron chi connectivity index (χ3n) is 4.78. The van der Waals surface area contributed by atoms with Crippen molar-refractivity contribution in [1.82, 2.24) is 9.97 Å². The van der Waals surface area contributed by atoms with Gasteiger partial charge in [-0.2, -0.15) is 0 Å². The Balaban J connectivity index is 1.61. The Bertz CT molecular complexity index is 1180. The first kappa shape index (κ1) is 19.5. The van der Waals surface area contributed by atoms with Gasteiger partial charge in [0.1, 0.15) is 5.82 Å². The summed E-state index contributed by atoms with van der Waals surface area (Å²) in [5.74, 6) is 0.830. The lowest BCUT2D eigenvalue weighted by atomic mass is 10.0.